The van der Waals surface area contributed by atoms with Gasteiger partial charge in [0.25, 0.3) is 5.91 Å². The lowest BCUT2D eigenvalue weighted by atomic mass is 10.1. The Kier molecular flexibility index (Phi) is 5.26. The summed E-state index contributed by atoms with van der Waals surface area (Å²) in [6.45, 7) is 0.295. The number of aromatic nitrogens is 1. The fourth-order valence-corrected chi connectivity index (χ4v) is 4.99. The molecule has 0 unspecified atom stereocenters. The second-order valence-corrected chi connectivity index (χ2v) is 10.0. The molecule has 0 saturated carbocycles. The van der Waals surface area contributed by atoms with E-state index in [0.29, 0.717) is 28.5 Å². The number of rotatable bonds is 4. The molecule has 1 aliphatic heterocycles. The minimum Gasteiger partial charge on any atom is -0.322 e. The van der Waals surface area contributed by atoms with Gasteiger partial charge in [0.1, 0.15) is 5.82 Å². The lowest BCUT2D eigenvalue weighted by Crippen LogP contribution is -2.47. The van der Waals surface area contributed by atoms with Gasteiger partial charge in [-0.05, 0) is 48.5 Å². The molecule has 166 valence electrons. The van der Waals surface area contributed by atoms with E-state index in [9.17, 15) is 17.6 Å². The van der Waals surface area contributed by atoms with Crippen LogP contribution in [0.4, 0.5) is 15.8 Å². The predicted molar refractivity (Wildman–Crippen MR) is 128 cm³/mol. The number of pyridine rings is 1. The van der Waals surface area contributed by atoms with Crippen molar-refractivity contribution in [2.24, 2.45) is 0 Å². The molecule has 0 bridgehead atoms. The molecule has 1 N–H and O–H groups in total. The van der Waals surface area contributed by atoms with Gasteiger partial charge in [-0.15, -0.1) is 0 Å². The van der Waals surface area contributed by atoms with Crippen molar-refractivity contribution < 1.29 is 17.6 Å². The fraction of sp³-hybridized carbons (Fsp3) is 0.0833. The largest absolute Gasteiger partial charge is 0.322 e. The second-order valence-electron chi connectivity index (χ2n) is 7.59. The molecule has 1 amide bonds. The first-order valence-electron chi connectivity index (χ1n) is 10.1. The molecule has 0 spiro atoms. The van der Waals surface area contributed by atoms with Gasteiger partial charge in [-0.2, -0.15) is 0 Å². The molecule has 9 heteroatoms. The van der Waals surface area contributed by atoms with Crippen LogP contribution < -0.4 is 9.62 Å². The highest BCUT2D eigenvalue weighted by Crippen LogP contribution is 2.31. The molecule has 3 aromatic carbocycles. The molecule has 33 heavy (non-hydrogen) atoms. The molecule has 0 aliphatic carbocycles. The van der Waals surface area contributed by atoms with E-state index in [1.165, 1.54) is 12.1 Å². The minimum atomic E-state index is -3.38. The zero-order valence-corrected chi connectivity index (χ0v) is 18.7. The normalized spacial score (nSPS) is 14.7. The Morgan fingerprint density at radius 1 is 1.03 bits per heavy atom. The van der Waals surface area contributed by atoms with Crippen LogP contribution in [-0.2, 0) is 10.0 Å². The SMILES string of the molecule is O=C(Nc1ccc(Cl)c(-c2ccc3ccccc3n2)c1)c1ccc(N2CCS2(=O)=O)cc1F. The third-order valence-electron chi connectivity index (χ3n) is 5.47. The van der Waals surface area contributed by atoms with E-state index in [1.807, 2.05) is 36.4 Å². The van der Waals surface area contributed by atoms with Gasteiger partial charge in [0, 0.05) is 23.2 Å². The van der Waals surface area contributed by atoms with Crippen molar-refractivity contribution in [2.45, 2.75) is 0 Å². The topological polar surface area (TPSA) is 79.4 Å². The maximum absolute atomic E-state index is 14.6. The van der Waals surface area contributed by atoms with Crippen LogP contribution in [0.25, 0.3) is 22.2 Å². The van der Waals surface area contributed by atoms with E-state index in [2.05, 4.69) is 10.3 Å². The highest BCUT2D eigenvalue weighted by atomic mass is 35.5. The summed E-state index contributed by atoms with van der Waals surface area (Å²) in [6.07, 6.45) is 0. The molecule has 2 heterocycles. The highest BCUT2D eigenvalue weighted by molar-refractivity contribution is 7.94. The summed E-state index contributed by atoms with van der Waals surface area (Å²) in [5.41, 5.74) is 2.50. The van der Waals surface area contributed by atoms with Crippen molar-refractivity contribution in [1.82, 2.24) is 4.98 Å². The summed E-state index contributed by atoms with van der Waals surface area (Å²) in [5, 5.41) is 4.12. The zero-order chi connectivity index (χ0) is 23.2. The quantitative estimate of drug-likeness (QED) is 0.440. The smallest absolute Gasteiger partial charge is 0.258 e. The Morgan fingerprint density at radius 3 is 2.58 bits per heavy atom. The molecule has 6 nitrogen and oxygen atoms in total. The molecular formula is C24H17ClFN3O3S. The van der Waals surface area contributed by atoms with E-state index < -0.39 is 21.7 Å². The molecule has 1 aliphatic rings. The van der Waals surface area contributed by atoms with Crippen molar-refractivity contribution in [3.05, 3.63) is 89.2 Å². The van der Waals surface area contributed by atoms with Gasteiger partial charge in [0.2, 0.25) is 10.0 Å². The zero-order valence-electron chi connectivity index (χ0n) is 17.1. The van der Waals surface area contributed by atoms with Gasteiger partial charge in [0.15, 0.2) is 0 Å². The monoisotopic (exact) mass is 481 g/mol. The lowest BCUT2D eigenvalue weighted by molar-refractivity contribution is 0.102. The second kappa shape index (κ2) is 8.13. The summed E-state index contributed by atoms with van der Waals surface area (Å²) in [6, 6.07) is 20.1. The standard InChI is InChI=1S/C24H17ClFN3O3S/c25-20-9-6-16(13-19(20)23-10-5-15-3-1-2-4-22(15)28-23)27-24(30)18-8-7-17(14-21(18)26)29-11-12-33(29,31)32/h1-10,13-14H,11-12H2,(H,27,30). The molecule has 0 atom stereocenters. The summed E-state index contributed by atoms with van der Waals surface area (Å²) < 4.78 is 39.2. The number of nitrogens with zero attached hydrogens (tertiary/aromatic N) is 2. The first-order valence-corrected chi connectivity index (χ1v) is 12.1. The van der Waals surface area contributed by atoms with Crippen LogP contribution in [0.15, 0.2) is 72.8 Å². The molecular weight excluding hydrogens is 465 g/mol. The van der Waals surface area contributed by atoms with Crippen LogP contribution in [0.3, 0.4) is 0 Å². The Bertz CT molecular complexity index is 1520. The number of amides is 1. The highest BCUT2D eigenvalue weighted by Gasteiger charge is 2.33. The van der Waals surface area contributed by atoms with Crippen LogP contribution in [0, 0.1) is 5.82 Å². The van der Waals surface area contributed by atoms with Crippen LogP contribution >= 0.6 is 11.6 Å². The van der Waals surface area contributed by atoms with Gasteiger partial charge < -0.3 is 5.32 Å². The van der Waals surface area contributed by atoms with Crippen molar-refractivity contribution in [3.63, 3.8) is 0 Å². The number of sulfonamides is 1. The number of hydrogen-bond donors (Lipinski definition) is 1. The van der Waals surface area contributed by atoms with Gasteiger partial charge in [-0.3, -0.25) is 9.10 Å². The van der Waals surface area contributed by atoms with E-state index >= 15 is 0 Å². The van der Waals surface area contributed by atoms with Crippen molar-refractivity contribution in [3.8, 4) is 11.3 Å². The first kappa shape index (κ1) is 21.4. The molecule has 1 fully saturated rings. The fourth-order valence-electron chi connectivity index (χ4n) is 3.68. The maximum Gasteiger partial charge on any atom is 0.258 e. The van der Waals surface area contributed by atoms with Gasteiger partial charge in [-0.25, -0.2) is 17.8 Å². The molecule has 1 saturated heterocycles. The number of para-hydroxylation sites is 1. The summed E-state index contributed by atoms with van der Waals surface area (Å²) in [4.78, 5) is 17.3. The van der Waals surface area contributed by atoms with Gasteiger partial charge >= 0.3 is 0 Å². The molecule has 0 radical (unpaired) electrons. The van der Waals surface area contributed by atoms with E-state index in [0.717, 1.165) is 21.3 Å². The van der Waals surface area contributed by atoms with Crippen LogP contribution in [-0.4, -0.2) is 31.6 Å². The average Bonchev–Trinajstić information content (AvgIpc) is 2.79. The summed E-state index contributed by atoms with van der Waals surface area (Å²) >= 11 is 6.38. The number of hydrogen-bond acceptors (Lipinski definition) is 4. The Morgan fingerprint density at radius 2 is 1.85 bits per heavy atom. The third kappa shape index (κ3) is 4.03. The Hall–Kier alpha value is -3.49. The number of carbonyl (C=O) groups is 1. The molecule has 1 aromatic heterocycles. The van der Waals surface area contributed by atoms with Gasteiger partial charge in [0.05, 0.1) is 33.2 Å². The number of nitrogens with one attached hydrogen (secondary N) is 1. The number of anilines is 2. The Labute approximate surface area is 194 Å². The van der Waals surface area contributed by atoms with Crippen LogP contribution in [0.1, 0.15) is 10.4 Å². The average molecular weight is 482 g/mol. The van der Waals surface area contributed by atoms with E-state index in [4.69, 9.17) is 11.6 Å². The van der Waals surface area contributed by atoms with Crippen molar-refractivity contribution in [1.29, 1.82) is 0 Å². The number of halogens is 2. The summed E-state index contributed by atoms with van der Waals surface area (Å²) in [5.74, 6) is -1.44. The Balaban J connectivity index is 1.41. The molecule has 4 aromatic rings. The van der Waals surface area contributed by atoms with Crippen LogP contribution in [0.5, 0.6) is 0 Å². The number of benzene rings is 3. The predicted octanol–water partition coefficient (Wildman–Crippen LogP) is 5.10. The van der Waals surface area contributed by atoms with Gasteiger partial charge in [-0.1, -0.05) is 35.9 Å². The third-order valence-corrected chi connectivity index (χ3v) is 7.57. The minimum absolute atomic E-state index is 0.0296. The molecule has 5 rings (SSSR count). The lowest BCUT2D eigenvalue weighted by Gasteiger charge is -2.32. The number of fused-ring (bicyclic) bond motifs is 1. The van der Waals surface area contributed by atoms with Crippen LogP contribution in [0.2, 0.25) is 5.02 Å². The number of carbonyl (C=O) groups excluding carboxylic acids is 1. The van der Waals surface area contributed by atoms with E-state index in [1.54, 1.807) is 18.2 Å². The summed E-state index contributed by atoms with van der Waals surface area (Å²) in [7, 11) is -3.38. The van der Waals surface area contributed by atoms with Crippen molar-refractivity contribution in [2.75, 3.05) is 21.9 Å². The van der Waals surface area contributed by atoms with E-state index in [-0.39, 0.29) is 17.0 Å². The van der Waals surface area contributed by atoms with Crippen molar-refractivity contribution >= 4 is 49.8 Å². The first-order chi connectivity index (χ1) is 15.8. The maximum atomic E-state index is 14.6.